The smallest absolute Gasteiger partial charge is 0.408 e. The van der Waals surface area contributed by atoms with E-state index < -0.39 is 12.1 Å². The van der Waals surface area contributed by atoms with Crippen molar-refractivity contribution in [2.24, 2.45) is 0 Å². The van der Waals surface area contributed by atoms with Crippen molar-refractivity contribution in [2.45, 2.75) is 32.7 Å². The van der Waals surface area contributed by atoms with Crippen LogP contribution < -0.4 is 9.88 Å². The summed E-state index contributed by atoms with van der Waals surface area (Å²) in [4.78, 5) is 28.6. The molecule has 1 N–H and O–H groups in total. The number of aromatic nitrogens is 3. The number of ketones is 1. The van der Waals surface area contributed by atoms with Gasteiger partial charge in [0, 0.05) is 6.20 Å². The summed E-state index contributed by atoms with van der Waals surface area (Å²) in [6.45, 7) is 2.60. The Hall–Kier alpha value is -3.48. The lowest BCUT2D eigenvalue weighted by Gasteiger charge is -2.12. The van der Waals surface area contributed by atoms with Crippen LogP contribution in [0.4, 0.5) is 4.79 Å². The van der Waals surface area contributed by atoms with Crippen molar-refractivity contribution in [3.8, 4) is 0 Å². The number of benzene rings is 1. The minimum absolute atomic E-state index is 0.114. The van der Waals surface area contributed by atoms with E-state index in [1.807, 2.05) is 71.8 Å². The lowest BCUT2D eigenvalue weighted by Crippen LogP contribution is -2.40. The first-order valence-corrected chi connectivity index (χ1v) is 9.05. The van der Waals surface area contributed by atoms with E-state index in [-0.39, 0.29) is 18.9 Å². The number of rotatable bonds is 8. The van der Waals surface area contributed by atoms with Gasteiger partial charge in [0.05, 0.1) is 11.7 Å². The summed E-state index contributed by atoms with van der Waals surface area (Å²) in [7, 11) is 0. The number of carbonyl (C=O) groups excluding carboxylic acids is 2. The number of nitrogens with zero attached hydrogens (tertiary/aromatic N) is 3. The maximum absolute atomic E-state index is 12.4. The van der Waals surface area contributed by atoms with Gasteiger partial charge < -0.3 is 10.1 Å². The molecule has 7 heteroatoms. The fourth-order valence-corrected chi connectivity index (χ4v) is 2.64. The SMILES string of the molecule is C[C@H](NC(=O)OCc1ccccc1)C(=O)Cn1cc[n+](Cc2ccccn2)c1. The van der Waals surface area contributed by atoms with Gasteiger partial charge in [-0.25, -0.2) is 13.9 Å². The molecular weight excluding hydrogens is 356 g/mol. The molecule has 0 bridgehead atoms. The van der Waals surface area contributed by atoms with Gasteiger partial charge in [-0.2, -0.15) is 0 Å². The van der Waals surface area contributed by atoms with Crippen LogP contribution in [0, 0.1) is 0 Å². The second kappa shape index (κ2) is 9.45. The van der Waals surface area contributed by atoms with Gasteiger partial charge in [-0.1, -0.05) is 36.4 Å². The Morgan fingerprint density at radius 2 is 1.96 bits per heavy atom. The molecule has 0 unspecified atom stereocenters. The number of hydrogen-bond donors (Lipinski definition) is 1. The second-order valence-electron chi connectivity index (χ2n) is 6.47. The number of carbonyl (C=O) groups is 2. The molecule has 1 aromatic carbocycles. The van der Waals surface area contributed by atoms with Crippen LogP contribution in [-0.2, 0) is 29.2 Å². The van der Waals surface area contributed by atoms with Crippen molar-refractivity contribution >= 4 is 11.9 Å². The Kier molecular flexibility index (Phi) is 6.51. The van der Waals surface area contributed by atoms with Crippen LogP contribution in [-0.4, -0.2) is 27.5 Å². The van der Waals surface area contributed by atoms with Gasteiger partial charge >= 0.3 is 6.09 Å². The highest BCUT2D eigenvalue weighted by Gasteiger charge is 2.19. The summed E-state index contributed by atoms with van der Waals surface area (Å²) in [5, 5.41) is 2.58. The zero-order valence-corrected chi connectivity index (χ0v) is 15.7. The standard InChI is InChI=1S/C21H22N4O3/c1-17(23-21(27)28-15-18-7-3-2-4-8-18)20(26)14-25-12-11-24(16-25)13-19-9-5-6-10-22-19/h2-12,16-17H,13-15H2,1H3/p+1/t17-/m0/s1. The molecule has 3 rings (SSSR count). The van der Waals surface area contributed by atoms with E-state index in [1.54, 1.807) is 17.7 Å². The molecular formula is C21H23N4O3+. The zero-order chi connectivity index (χ0) is 19.8. The summed E-state index contributed by atoms with van der Waals surface area (Å²) in [5.74, 6) is -0.114. The average Bonchev–Trinajstić information content (AvgIpc) is 3.14. The number of amides is 1. The molecule has 0 spiro atoms. The number of nitrogens with one attached hydrogen (secondary N) is 1. The van der Waals surface area contributed by atoms with Gasteiger partial charge in [0.2, 0.25) is 6.33 Å². The maximum Gasteiger partial charge on any atom is 0.408 e. The van der Waals surface area contributed by atoms with E-state index in [1.165, 1.54) is 0 Å². The monoisotopic (exact) mass is 379 g/mol. The number of ether oxygens (including phenoxy) is 1. The molecule has 0 aliphatic rings. The fraction of sp³-hybridized carbons (Fsp3) is 0.238. The molecule has 1 amide bonds. The molecule has 0 aliphatic heterocycles. The second-order valence-corrected chi connectivity index (χ2v) is 6.47. The van der Waals surface area contributed by atoms with E-state index in [9.17, 15) is 9.59 Å². The minimum Gasteiger partial charge on any atom is -0.445 e. The molecule has 0 aliphatic carbocycles. The first-order chi connectivity index (χ1) is 13.6. The van der Waals surface area contributed by atoms with Crippen molar-refractivity contribution < 1.29 is 18.9 Å². The third-order valence-corrected chi connectivity index (χ3v) is 4.19. The average molecular weight is 379 g/mol. The molecule has 0 radical (unpaired) electrons. The molecule has 0 saturated carbocycles. The summed E-state index contributed by atoms with van der Waals surface area (Å²) in [5.41, 5.74) is 1.83. The molecule has 3 aromatic rings. The van der Waals surface area contributed by atoms with Gasteiger partial charge in [0.15, 0.2) is 12.3 Å². The topological polar surface area (TPSA) is 77.1 Å². The Balaban J connectivity index is 1.45. The Morgan fingerprint density at radius 3 is 2.71 bits per heavy atom. The predicted molar refractivity (Wildman–Crippen MR) is 102 cm³/mol. The van der Waals surface area contributed by atoms with Gasteiger partial charge in [0.25, 0.3) is 0 Å². The Bertz CT molecular complexity index is 910. The van der Waals surface area contributed by atoms with Crippen LogP contribution in [0.1, 0.15) is 18.2 Å². The first kappa shape index (κ1) is 19.3. The van der Waals surface area contributed by atoms with Crippen LogP contribution in [0.25, 0.3) is 0 Å². The maximum atomic E-state index is 12.4. The molecule has 2 aromatic heterocycles. The molecule has 2 heterocycles. The van der Waals surface area contributed by atoms with Crippen LogP contribution in [0.2, 0.25) is 0 Å². The molecule has 0 fully saturated rings. The highest BCUT2D eigenvalue weighted by Crippen LogP contribution is 2.01. The Labute approximate surface area is 163 Å². The molecule has 1 atom stereocenters. The molecule has 0 saturated heterocycles. The van der Waals surface area contributed by atoms with Crippen molar-refractivity contribution in [3.05, 3.63) is 84.7 Å². The van der Waals surface area contributed by atoms with Crippen LogP contribution in [0.5, 0.6) is 0 Å². The lowest BCUT2D eigenvalue weighted by atomic mass is 10.2. The highest BCUT2D eigenvalue weighted by molar-refractivity contribution is 5.86. The summed E-state index contributed by atoms with van der Waals surface area (Å²) >= 11 is 0. The van der Waals surface area contributed by atoms with Gasteiger partial charge in [0.1, 0.15) is 25.5 Å². The quantitative estimate of drug-likeness (QED) is 0.608. The minimum atomic E-state index is -0.644. The first-order valence-electron chi connectivity index (χ1n) is 9.05. The fourth-order valence-electron chi connectivity index (χ4n) is 2.64. The normalized spacial score (nSPS) is 11.6. The van der Waals surface area contributed by atoms with Crippen molar-refractivity contribution in [2.75, 3.05) is 0 Å². The van der Waals surface area contributed by atoms with E-state index in [4.69, 9.17) is 4.74 Å². The highest BCUT2D eigenvalue weighted by atomic mass is 16.5. The van der Waals surface area contributed by atoms with Crippen LogP contribution >= 0.6 is 0 Å². The van der Waals surface area contributed by atoms with E-state index in [0.717, 1.165) is 11.3 Å². The van der Waals surface area contributed by atoms with Crippen LogP contribution in [0.15, 0.2) is 73.4 Å². The van der Waals surface area contributed by atoms with E-state index in [0.29, 0.717) is 6.54 Å². The van der Waals surface area contributed by atoms with Crippen LogP contribution in [0.3, 0.4) is 0 Å². The predicted octanol–water partition coefficient (Wildman–Crippen LogP) is 2.10. The van der Waals surface area contributed by atoms with Gasteiger partial charge in [-0.05, 0) is 24.6 Å². The van der Waals surface area contributed by atoms with Crippen molar-refractivity contribution in [1.29, 1.82) is 0 Å². The van der Waals surface area contributed by atoms with E-state index >= 15 is 0 Å². The molecule has 144 valence electrons. The number of pyridine rings is 1. The summed E-state index contributed by atoms with van der Waals surface area (Å²) < 4.78 is 8.87. The lowest BCUT2D eigenvalue weighted by molar-refractivity contribution is -0.688. The number of Topliss-reactive ketones (excluding diaryl/α,β-unsaturated/α-hetero) is 1. The third-order valence-electron chi connectivity index (χ3n) is 4.19. The summed E-state index contributed by atoms with van der Waals surface area (Å²) in [6.07, 6.45) is 6.69. The van der Waals surface area contributed by atoms with Crippen molar-refractivity contribution in [1.82, 2.24) is 14.9 Å². The number of hydrogen-bond acceptors (Lipinski definition) is 4. The van der Waals surface area contributed by atoms with Crippen molar-refractivity contribution in [3.63, 3.8) is 0 Å². The van der Waals surface area contributed by atoms with Gasteiger partial charge in [-0.3, -0.25) is 9.78 Å². The number of alkyl carbamates (subject to hydrolysis) is 1. The zero-order valence-electron chi connectivity index (χ0n) is 15.7. The van der Waals surface area contributed by atoms with E-state index in [2.05, 4.69) is 10.3 Å². The van der Waals surface area contributed by atoms with Gasteiger partial charge in [-0.15, -0.1) is 0 Å². The summed E-state index contributed by atoms with van der Waals surface area (Å²) in [6, 6.07) is 14.5. The molecule has 7 nitrogen and oxygen atoms in total. The molecule has 28 heavy (non-hydrogen) atoms. The largest absolute Gasteiger partial charge is 0.445 e. The number of imidazole rings is 1. The third kappa shape index (κ3) is 5.77. The Morgan fingerprint density at radius 1 is 1.18 bits per heavy atom.